The van der Waals surface area contributed by atoms with Crippen LogP contribution in [0.4, 0.5) is 0 Å². The van der Waals surface area contributed by atoms with Crippen molar-refractivity contribution in [1.82, 2.24) is 0 Å². The van der Waals surface area contributed by atoms with Crippen LogP contribution in [0, 0.1) is 0 Å². The summed E-state index contributed by atoms with van der Waals surface area (Å²) in [5.74, 6) is -0.987. The Labute approximate surface area is 387 Å². The lowest BCUT2D eigenvalue weighted by molar-refractivity contribution is -0.167. The molecule has 6 heteroatoms. The Morgan fingerprint density at radius 2 is 0.619 bits per heavy atom. The molecule has 0 aromatic carbocycles. The minimum Gasteiger partial charge on any atom is -0.462 e. The minimum atomic E-state index is -0.811. The van der Waals surface area contributed by atoms with Gasteiger partial charge in [-0.2, -0.15) is 0 Å². The Balaban J connectivity index is 4.53. The van der Waals surface area contributed by atoms with Crippen LogP contribution in [-0.2, 0) is 28.6 Å². The van der Waals surface area contributed by atoms with Gasteiger partial charge in [-0.1, -0.05) is 182 Å². The van der Waals surface area contributed by atoms with E-state index in [0.29, 0.717) is 25.7 Å². The van der Waals surface area contributed by atoms with Crippen LogP contribution in [0.15, 0.2) is 109 Å². The molecule has 356 valence electrons. The smallest absolute Gasteiger partial charge is 0.306 e. The van der Waals surface area contributed by atoms with Crippen LogP contribution in [0.5, 0.6) is 0 Å². The van der Waals surface area contributed by atoms with Crippen LogP contribution in [0.2, 0.25) is 0 Å². The number of rotatable bonds is 44. The number of carbonyl (C=O) groups is 3. The highest BCUT2D eigenvalue weighted by Crippen LogP contribution is 2.12. The quantitative estimate of drug-likeness (QED) is 0.0263. The van der Waals surface area contributed by atoms with E-state index in [-0.39, 0.29) is 31.1 Å². The Hall–Kier alpha value is -3.93. The number of hydrogen-bond donors (Lipinski definition) is 0. The van der Waals surface area contributed by atoms with Gasteiger partial charge in [0.15, 0.2) is 6.10 Å². The fraction of sp³-hybridized carbons (Fsp3) is 0.632. The topological polar surface area (TPSA) is 78.9 Å². The van der Waals surface area contributed by atoms with Crippen molar-refractivity contribution in [3.8, 4) is 0 Å². The van der Waals surface area contributed by atoms with Crippen LogP contribution in [0.25, 0.3) is 0 Å². The number of allylic oxidation sites excluding steroid dienone is 18. The average molecular weight is 873 g/mol. The summed E-state index contributed by atoms with van der Waals surface area (Å²) in [5, 5.41) is 0. The molecule has 0 aliphatic carbocycles. The zero-order chi connectivity index (χ0) is 45.8. The third-order valence-electron chi connectivity index (χ3n) is 10.2. The highest BCUT2D eigenvalue weighted by Gasteiger charge is 2.19. The summed E-state index contributed by atoms with van der Waals surface area (Å²) in [4.78, 5) is 38.0. The number of ether oxygens (including phenoxy) is 3. The van der Waals surface area contributed by atoms with Gasteiger partial charge < -0.3 is 14.2 Å². The standard InChI is InChI=1S/C57H92O6/c1-4-7-10-13-16-19-22-25-28-31-34-37-40-43-46-49-55(58)61-52-54(63-57(60)51-48-45-42-39-36-33-30-27-24-21-18-15-12-9-6-3)53-62-56(59)50-47-44-41-38-35-32-29-26-23-20-17-14-11-8-5-2/h7-8,10-11,16-21,25-30,34,37,54H,4-6,9,12-15,22-24,31-33,35-36,38-53H2,1-3H3/b10-7-,11-8-,19-16-,20-17-,21-18-,28-25-,29-26-,30-27-,37-34-/t54-/m1/s1. The van der Waals surface area contributed by atoms with Gasteiger partial charge >= 0.3 is 17.9 Å². The molecule has 0 spiro atoms. The van der Waals surface area contributed by atoms with Crippen LogP contribution < -0.4 is 0 Å². The number of esters is 3. The normalized spacial score (nSPS) is 13.0. The largest absolute Gasteiger partial charge is 0.462 e. The molecule has 0 aliphatic rings. The monoisotopic (exact) mass is 873 g/mol. The van der Waals surface area contributed by atoms with E-state index in [1.807, 2.05) is 0 Å². The number of hydrogen-bond acceptors (Lipinski definition) is 6. The molecule has 0 amide bonds. The maximum atomic E-state index is 12.8. The van der Waals surface area contributed by atoms with Gasteiger partial charge in [0.25, 0.3) is 0 Å². The molecule has 63 heavy (non-hydrogen) atoms. The van der Waals surface area contributed by atoms with Gasteiger partial charge in [0.1, 0.15) is 13.2 Å². The van der Waals surface area contributed by atoms with Gasteiger partial charge in [-0.3, -0.25) is 14.4 Å². The Morgan fingerprint density at radius 1 is 0.333 bits per heavy atom. The van der Waals surface area contributed by atoms with Gasteiger partial charge in [-0.05, 0) is 122 Å². The second-order valence-corrected chi connectivity index (χ2v) is 16.3. The first-order chi connectivity index (χ1) is 31.0. The van der Waals surface area contributed by atoms with E-state index in [1.165, 1.54) is 25.7 Å². The first-order valence-corrected chi connectivity index (χ1v) is 25.4. The summed E-state index contributed by atoms with van der Waals surface area (Å²) in [6.07, 6.45) is 67.8. The molecule has 0 rings (SSSR count). The van der Waals surface area contributed by atoms with Gasteiger partial charge in [0.05, 0.1) is 0 Å². The first kappa shape index (κ1) is 59.1. The van der Waals surface area contributed by atoms with Gasteiger partial charge in [-0.25, -0.2) is 0 Å². The first-order valence-electron chi connectivity index (χ1n) is 25.4. The van der Waals surface area contributed by atoms with Crippen LogP contribution in [-0.4, -0.2) is 37.2 Å². The van der Waals surface area contributed by atoms with Gasteiger partial charge in [-0.15, -0.1) is 0 Å². The highest BCUT2D eigenvalue weighted by molar-refractivity contribution is 5.71. The van der Waals surface area contributed by atoms with Crippen molar-refractivity contribution >= 4 is 17.9 Å². The lowest BCUT2D eigenvalue weighted by Gasteiger charge is -2.18. The van der Waals surface area contributed by atoms with Gasteiger partial charge in [0, 0.05) is 19.3 Å². The highest BCUT2D eigenvalue weighted by atomic mass is 16.6. The summed E-state index contributed by atoms with van der Waals surface area (Å²) in [6.45, 7) is 6.30. The molecule has 0 aromatic rings. The van der Waals surface area contributed by atoms with E-state index in [4.69, 9.17) is 14.2 Å². The Kier molecular flexibility index (Phi) is 47.5. The second kappa shape index (κ2) is 50.7. The molecule has 6 nitrogen and oxygen atoms in total. The number of carbonyl (C=O) groups excluding carboxylic acids is 3. The summed E-state index contributed by atoms with van der Waals surface area (Å²) in [6, 6.07) is 0. The molecule has 0 N–H and O–H groups in total. The van der Waals surface area contributed by atoms with E-state index in [2.05, 4.69) is 130 Å². The van der Waals surface area contributed by atoms with Crippen LogP contribution >= 0.6 is 0 Å². The average Bonchev–Trinajstić information content (AvgIpc) is 3.28. The summed E-state index contributed by atoms with van der Waals surface area (Å²) in [5.41, 5.74) is 0. The van der Waals surface area contributed by atoms with E-state index in [1.54, 1.807) is 0 Å². The summed E-state index contributed by atoms with van der Waals surface area (Å²) in [7, 11) is 0. The lowest BCUT2D eigenvalue weighted by atomic mass is 10.1. The van der Waals surface area contributed by atoms with E-state index in [9.17, 15) is 14.4 Å². The van der Waals surface area contributed by atoms with Crippen LogP contribution in [0.1, 0.15) is 213 Å². The molecule has 0 aromatic heterocycles. The minimum absolute atomic E-state index is 0.108. The molecule has 0 saturated carbocycles. The van der Waals surface area contributed by atoms with Crippen molar-refractivity contribution in [2.24, 2.45) is 0 Å². The molecule has 0 bridgehead atoms. The third kappa shape index (κ3) is 49.0. The second-order valence-electron chi connectivity index (χ2n) is 16.3. The molecular weight excluding hydrogens is 781 g/mol. The zero-order valence-electron chi connectivity index (χ0n) is 40.5. The SMILES string of the molecule is CC/C=C\C/C=C\C/C=C\C/C=C\CCCCC(=O)OC[C@H](COC(=O)CCCCCCC/C=C\C/C=C\C/C=C\CC)OC(=O)CCCCCCC/C=C\C/C=C\CCCCC. The fourth-order valence-electron chi connectivity index (χ4n) is 6.48. The maximum absolute atomic E-state index is 12.8. The molecule has 0 unspecified atom stereocenters. The predicted molar refractivity (Wildman–Crippen MR) is 270 cm³/mol. The maximum Gasteiger partial charge on any atom is 0.306 e. The Bertz CT molecular complexity index is 1330. The molecule has 0 heterocycles. The molecular formula is C57H92O6. The van der Waals surface area contributed by atoms with E-state index < -0.39 is 6.10 Å². The van der Waals surface area contributed by atoms with Crippen molar-refractivity contribution in [3.05, 3.63) is 109 Å². The van der Waals surface area contributed by atoms with Gasteiger partial charge in [0.2, 0.25) is 0 Å². The van der Waals surface area contributed by atoms with Crippen molar-refractivity contribution < 1.29 is 28.6 Å². The van der Waals surface area contributed by atoms with E-state index in [0.717, 1.165) is 141 Å². The third-order valence-corrected chi connectivity index (χ3v) is 10.2. The van der Waals surface area contributed by atoms with Crippen LogP contribution in [0.3, 0.4) is 0 Å². The summed E-state index contributed by atoms with van der Waals surface area (Å²) >= 11 is 0. The molecule has 0 saturated heterocycles. The van der Waals surface area contributed by atoms with Crippen molar-refractivity contribution in [3.63, 3.8) is 0 Å². The van der Waals surface area contributed by atoms with Crippen molar-refractivity contribution in [1.29, 1.82) is 0 Å². The Morgan fingerprint density at radius 3 is 1.00 bits per heavy atom. The van der Waals surface area contributed by atoms with Crippen molar-refractivity contribution in [2.45, 2.75) is 219 Å². The molecule has 0 aliphatic heterocycles. The molecule has 1 atom stereocenters. The zero-order valence-corrected chi connectivity index (χ0v) is 40.5. The molecule has 0 fully saturated rings. The lowest BCUT2D eigenvalue weighted by Crippen LogP contribution is -2.30. The predicted octanol–water partition coefficient (Wildman–Crippen LogP) is 16.8. The van der Waals surface area contributed by atoms with E-state index >= 15 is 0 Å². The fourth-order valence-corrected chi connectivity index (χ4v) is 6.48. The summed E-state index contributed by atoms with van der Waals surface area (Å²) < 4.78 is 16.7. The number of unbranched alkanes of at least 4 members (excludes halogenated alkanes) is 15. The van der Waals surface area contributed by atoms with Crippen molar-refractivity contribution in [2.75, 3.05) is 13.2 Å². The molecule has 0 radical (unpaired) electrons.